The van der Waals surface area contributed by atoms with Crippen molar-refractivity contribution in [2.75, 3.05) is 0 Å². The summed E-state index contributed by atoms with van der Waals surface area (Å²) in [5.74, 6) is -5.99. The second kappa shape index (κ2) is 3.00. The largest absolute Gasteiger partial charge is 0.294 e. The van der Waals surface area contributed by atoms with Crippen molar-refractivity contribution in [3.8, 4) is 0 Å². The Bertz CT molecular complexity index is 933. The molecule has 0 N–H and O–H groups in total. The first kappa shape index (κ1) is 5.12. The van der Waals surface area contributed by atoms with Gasteiger partial charge in [0.05, 0.1) is 5.48 Å². The molecule has 2 nitrogen and oxygen atoms in total. The Balaban J connectivity index is 2.18. The highest BCUT2D eigenvalue weighted by Crippen LogP contribution is 2.60. The summed E-state index contributed by atoms with van der Waals surface area (Å²) in [5, 5.41) is 0. The smallest absolute Gasteiger partial charge is 0.170 e. The number of ketones is 2. The van der Waals surface area contributed by atoms with Gasteiger partial charge in [-0.15, -0.1) is 0 Å². The molecule has 90 valence electrons. The molecule has 1 aromatic rings. The van der Waals surface area contributed by atoms with Gasteiger partial charge in [0.25, 0.3) is 0 Å². The number of Topliss-reactive ketones (excluding diaryl/α,β-unsaturated/α-hetero) is 2. The summed E-state index contributed by atoms with van der Waals surface area (Å²) < 4.78 is 64.5. The van der Waals surface area contributed by atoms with Crippen molar-refractivity contribution in [3.05, 3.63) is 47.4 Å². The normalized spacial score (nSPS) is 51.1. The monoisotopic (exact) mass is 246 g/mol. The number of carbonyl (C=O) groups excluding carboxylic acids is 2. The minimum absolute atomic E-state index is 0.162. The number of benzene rings is 1. The number of allylic oxidation sites excluding steroid dienone is 2. The first-order valence-corrected chi connectivity index (χ1v) is 5.80. The van der Waals surface area contributed by atoms with Gasteiger partial charge in [-0.3, -0.25) is 9.59 Å². The third-order valence-corrected chi connectivity index (χ3v) is 4.18. The van der Waals surface area contributed by atoms with Gasteiger partial charge in [-0.25, -0.2) is 0 Å². The Hall–Kier alpha value is -1.70. The van der Waals surface area contributed by atoms with E-state index in [-0.39, 0.29) is 6.42 Å². The maximum atomic E-state index is 13.4. The Kier molecular flexibility index (Phi) is 0.853. The van der Waals surface area contributed by atoms with Crippen LogP contribution in [-0.4, -0.2) is 11.6 Å². The average Bonchev–Trinajstić information content (AvgIpc) is 3.12. The average molecular weight is 246 g/mol. The molecular formula is C16H14O2. The van der Waals surface area contributed by atoms with E-state index in [9.17, 15) is 9.59 Å². The minimum atomic E-state index is -2.97. The first-order valence-electron chi connectivity index (χ1n) is 9.80. The van der Waals surface area contributed by atoms with Crippen LogP contribution in [0.15, 0.2) is 36.3 Å². The minimum Gasteiger partial charge on any atom is -0.294 e. The standard InChI is InChI=1S/C16H14O2/c1-16-10-7-6-9(8-10)13(16)14(17)11-4-2-3-5-12(11)15(16)18/h2-7,9-10,13H,8H2,1H3/t9-,10+,13+,16+/m0/s1/i1D3,2D,3D,4D,5D,13D. The molecule has 0 aromatic heterocycles. The number of carbonyl (C=O) groups is 2. The first-order chi connectivity index (χ1) is 11.9. The third kappa shape index (κ3) is 0.925. The van der Waals surface area contributed by atoms with E-state index >= 15 is 0 Å². The van der Waals surface area contributed by atoms with Crippen LogP contribution >= 0.6 is 0 Å². The van der Waals surface area contributed by atoms with Crippen molar-refractivity contribution in [1.29, 1.82) is 0 Å². The maximum absolute atomic E-state index is 13.4. The number of hydrogen-bond donors (Lipinski definition) is 0. The Morgan fingerprint density at radius 2 is 2.11 bits per heavy atom. The Morgan fingerprint density at radius 3 is 2.89 bits per heavy atom. The van der Waals surface area contributed by atoms with Gasteiger partial charge < -0.3 is 0 Å². The molecule has 1 saturated carbocycles. The summed E-state index contributed by atoms with van der Waals surface area (Å²) in [4.78, 5) is 26.7. The molecule has 0 saturated heterocycles. The van der Waals surface area contributed by atoms with Gasteiger partial charge in [0.2, 0.25) is 0 Å². The van der Waals surface area contributed by atoms with E-state index in [1.54, 1.807) is 12.2 Å². The molecule has 1 aromatic carbocycles. The third-order valence-electron chi connectivity index (χ3n) is 4.18. The molecule has 0 aliphatic heterocycles. The van der Waals surface area contributed by atoms with Crippen LogP contribution in [0.25, 0.3) is 0 Å². The van der Waals surface area contributed by atoms with Crippen molar-refractivity contribution >= 4 is 11.6 Å². The van der Waals surface area contributed by atoms with E-state index in [1.165, 1.54) is 0 Å². The van der Waals surface area contributed by atoms with E-state index in [0.717, 1.165) is 0 Å². The topological polar surface area (TPSA) is 34.1 Å². The van der Waals surface area contributed by atoms with Crippen molar-refractivity contribution in [3.63, 3.8) is 0 Å². The highest BCUT2D eigenvalue weighted by atomic mass is 16.1. The van der Waals surface area contributed by atoms with E-state index in [2.05, 4.69) is 0 Å². The predicted molar refractivity (Wildman–Crippen MR) is 67.4 cm³/mol. The van der Waals surface area contributed by atoms with E-state index in [4.69, 9.17) is 11.0 Å². The van der Waals surface area contributed by atoms with Gasteiger partial charge in [0.15, 0.2) is 11.6 Å². The molecule has 0 unspecified atom stereocenters. The molecule has 4 atom stereocenters. The number of fused-ring (bicyclic) bond motifs is 6. The van der Waals surface area contributed by atoms with Crippen LogP contribution in [0.4, 0.5) is 0 Å². The fourth-order valence-corrected chi connectivity index (χ4v) is 3.35. The second-order valence-electron chi connectivity index (χ2n) is 4.96. The fraction of sp³-hybridized carbons (Fsp3) is 0.375. The molecule has 4 rings (SSSR count). The van der Waals surface area contributed by atoms with Crippen LogP contribution in [0.3, 0.4) is 0 Å². The van der Waals surface area contributed by atoms with Gasteiger partial charge >= 0.3 is 0 Å². The van der Waals surface area contributed by atoms with Crippen LogP contribution in [0, 0.1) is 23.1 Å². The summed E-state index contributed by atoms with van der Waals surface area (Å²) in [7, 11) is 0. The van der Waals surface area contributed by atoms with Gasteiger partial charge in [0.1, 0.15) is 0 Å². The quantitative estimate of drug-likeness (QED) is 0.660. The number of rotatable bonds is 0. The van der Waals surface area contributed by atoms with Crippen LogP contribution in [0.1, 0.15) is 45.0 Å². The molecule has 3 aliphatic carbocycles. The van der Waals surface area contributed by atoms with Gasteiger partial charge in [0, 0.05) is 27.9 Å². The van der Waals surface area contributed by atoms with Crippen LogP contribution in [-0.2, 0) is 0 Å². The molecule has 0 heterocycles. The molecule has 0 spiro atoms. The van der Waals surface area contributed by atoms with Crippen molar-refractivity contribution in [2.45, 2.75) is 13.3 Å². The van der Waals surface area contributed by atoms with Crippen LogP contribution in [0.2, 0.25) is 0 Å². The lowest BCUT2D eigenvalue weighted by molar-refractivity contribution is 0.0552. The summed E-state index contributed by atoms with van der Waals surface area (Å²) >= 11 is 0. The molecule has 3 aliphatic rings. The molecular weight excluding hydrogens is 224 g/mol. The number of hydrogen-bond acceptors (Lipinski definition) is 2. The molecule has 0 amide bonds. The van der Waals surface area contributed by atoms with E-state index in [0.29, 0.717) is 0 Å². The summed E-state index contributed by atoms with van der Waals surface area (Å²) in [6, 6.07) is -2.81. The highest BCUT2D eigenvalue weighted by molar-refractivity contribution is 6.18. The summed E-state index contributed by atoms with van der Waals surface area (Å²) in [6.07, 6.45) is 3.28. The zero-order valence-corrected chi connectivity index (χ0v) is 9.33. The van der Waals surface area contributed by atoms with E-state index in [1.807, 2.05) is 0 Å². The SMILES string of the molecule is [2H]c1c([2H])c([2H])c2c(c1[2H])C(=O)[C@@]1([2H])[C@H]3C=C[C@H](C3)[C@@]1(C([2H])([2H])[2H])C2=O. The van der Waals surface area contributed by atoms with Gasteiger partial charge in [-0.05, 0) is 18.3 Å². The lowest BCUT2D eigenvalue weighted by Gasteiger charge is -2.40. The second-order valence-corrected chi connectivity index (χ2v) is 4.96. The van der Waals surface area contributed by atoms with Crippen LogP contribution in [0.5, 0.6) is 0 Å². The maximum Gasteiger partial charge on any atom is 0.170 e. The lowest BCUT2D eigenvalue weighted by Crippen LogP contribution is -2.47. The van der Waals surface area contributed by atoms with Gasteiger partial charge in [-0.2, -0.15) is 0 Å². The molecule has 18 heavy (non-hydrogen) atoms. The van der Waals surface area contributed by atoms with Crippen molar-refractivity contribution < 1.29 is 20.6 Å². The Labute approximate surface area is 117 Å². The van der Waals surface area contributed by atoms with E-state index < -0.39 is 76.9 Å². The molecule has 2 heteroatoms. The molecule has 0 radical (unpaired) electrons. The highest BCUT2D eigenvalue weighted by Gasteiger charge is 2.62. The van der Waals surface area contributed by atoms with Gasteiger partial charge in [-0.1, -0.05) is 43.2 Å². The zero-order valence-electron chi connectivity index (χ0n) is 17.3. The Morgan fingerprint density at radius 1 is 1.33 bits per heavy atom. The molecule has 2 bridgehead atoms. The van der Waals surface area contributed by atoms with Crippen molar-refractivity contribution in [2.24, 2.45) is 23.1 Å². The van der Waals surface area contributed by atoms with Crippen LogP contribution < -0.4 is 0 Å². The molecule has 1 fully saturated rings. The zero-order chi connectivity index (χ0) is 19.4. The fourth-order valence-electron chi connectivity index (χ4n) is 3.35. The summed E-state index contributed by atoms with van der Waals surface area (Å²) in [5.41, 5.74) is -3.49. The lowest BCUT2D eigenvalue weighted by atomic mass is 9.59. The predicted octanol–water partition coefficient (Wildman–Crippen LogP) is 2.89. The summed E-state index contributed by atoms with van der Waals surface area (Å²) in [6.45, 7) is -2.97. The van der Waals surface area contributed by atoms with Crippen molar-refractivity contribution in [1.82, 2.24) is 0 Å².